The average molecular weight is 218 g/mol. The third-order valence-corrected chi connectivity index (χ3v) is 2.54. The van der Waals surface area contributed by atoms with E-state index in [2.05, 4.69) is 0 Å². The summed E-state index contributed by atoms with van der Waals surface area (Å²) in [6.45, 7) is 0. The van der Waals surface area contributed by atoms with Crippen molar-refractivity contribution in [3.05, 3.63) is 29.1 Å². The lowest BCUT2D eigenvalue weighted by molar-refractivity contribution is 0.428. The maximum absolute atomic E-state index is 12.9. The number of aryl methyl sites for hydroxylation is 1. The van der Waals surface area contributed by atoms with Crippen LogP contribution in [0.25, 0.3) is 0 Å². The first-order valence-electron chi connectivity index (χ1n) is 4.42. The summed E-state index contributed by atoms with van der Waals surface area (Å²) in [4.78, 5) is 0. The highest BCUT2D eigenvalue weighted by atomic mass is 35.5. The number of benzene rings is 1. The zero-order valence-electron chi connectivity index (χ0n) is 7.66. The predicted octanol–water partition coefficient (Wildman–Crippen LogP) is 1.77. The third kappa shape index (κ3) is 1.99. The first kappa shape index (κ1) is 11.3. The van der Waals surface area contributed by atoms with Gasteiger partial charge in [0.1, 0.15) is 0 Å². The number of aromatic hydroxyl groups is 1. The molecule has 2 rings (SSSR count). The molecule has 1 atom stereocenters. The van der Waals surface area contributed by atoms with Crippen molar-refractivity contribution >= 4 is 12.4 Å². The molecular weight excluding hydrogens is 205 g/mol. The minimum atomic E-state index is -0.548. The first-order valence-corrected chi connectivity index (χ1v) is 4.42. The summed E-state index contributed by atoms with van der Waals surface area (Å²) in [5, 5.41) is 9.13. The van der Waals surface area contributed by atoms with E-state index in [-0.39, 0.29) is 24.2 Å². The van der Waals surface area contributed by atoms with E-state index >= 15 is 0 Å². The van der Waals surface area contributed by atoms with E-state index in [1.165, 1.54) is 12.1 Å². The lowest BCUT2D eigenvalue weighted by Gasteiger charge is -2.21. The Morgan fingerprint density at radius 2 is 2.07 bits per heavy atom. The number of fused-ring (bicyclic) bond motifs is 1. The van der Waals surface area contributed by atoms with Crippen LogP contribution in [0.4, 0.5) is 4.39 Å². The number of hydrogen-bond donors (Lipinski definition) is 2. The van der Waals surface area contributed by atoms with Crippen LogP contribution in [0.3, 0.4) is 0 Å². The van der Waals surface area contributed by atoms with Gasteiger partial charge in [-0.15, -0.1) is 12.4 Å². The summed E-state index contributed by atoms with van der Waals surface area (Å²) in [7, 11) is 0. The van der Waals surface area contributed by atoms with E-state index in [1.807, 2.05) is 0 Å². The summed E-state index contributed by atoms with van der Waals surface area (Å²) in [6, 6.07) is 3.04. The molecule has 0 aromatic heterocycles. The van der Waals surface area contributed by atoms with Crippen LogP contribution in [-0.4, -0.2) is 11.1 Å². The zero-order valence-corrected chi connectivity index (χ0v) is 8.48. The van der Waals surface area contributed by atoms with Gasteiger partial charge in [-0.05, 0) is 42.5 Å². The van der Waals surface area contributed by atoms with Gasteiger partial charge in [-0.25, -0.2) is 4.39 Å². The van der Waals surface area contributed by atoms with Gasteiger partial charge < -0.3 is 10.8 Å². The molecule has 0 amide bonds. The number of phenolic OH excluding ortho intramolecular Hbond substituents is 1. The fourth-order valence-electron chi connectivity index (χ4n) is 1.79. The van der Waals surface area contributed by atoms with Gasteiger partial charge in [-0.3, -0.25) is 0 Å². The highest BCUT2D eigenvalue weighted by Gasteiger charge is 2.17. The SMILES string of the molecule is Cl.N[C@@H]1CCc2cc(O)c(F)cc2C1. The minimum Gasteiger partial charge on any atom is -0.505 e. The Bertz CT molecular complexity index is 343. The lowest BCUT2D eigenvalue weighted by Crippen LogP contribution is -2.27. The van der Waals surface area contributed by atoms with Gasteiger partial charge in [0, 0.05) is 6.04 Å². The normalized spacial score (nSPS) is 19.7. The van der Waals surface area contributed by atoms with E-state index in [9.17, 15) is 4.39 Å². The van der Waals surface area contributed by atoms with Gasteiger partial charge in [0.15, 0.2) is 11.6 Å². The first-order chi connectivity index (χ1) is 6.16. The van der Waals surface area contributed by atoms with Crippen LogP contribution in [0.2, 0.25) is 0 Å². The fraction of sp³-hybridized carbons (Fsp3) is 0.400. The Morgan fingerprint density at radius 1 is 1.36 bits per heavy atom. The van der Waals surface area contributed by atoms with Crippen LogP contribution >= 0.6 is 12.4 Å². The van der Waals surface area contributed by atoms with Crippen molar-refractivity contribution in [3.63, 3.8) is 0 Å². The monoisotopic (exact) mass is 217 g/mol. The maximum Gasteiger partial charge on any atom is 0.165 e. The van der Waals surface area contributed by atoms with E-state index in [0.29, 0.717) is 6.42 Å². The summed E-state index contributed by atoms with van der Waals surface area (Å²) < 4.78 is 12.9. The number of phenols is 1. The number of nitrogens with two attached hydrogens (primary N) is 1. The molecule has 0 spiro atoms. The molecule has 0 radical (unpaired) electrons. The molecule has 3 N–H and O–H groups in total. The van der Waals surface area contributed by atoms with Crippen molar-refractivity contribution in [1.29, 1.82) is 0 Å². The molecule has 0 saturated heterocycles. The van der Waals surface area contributed by atoms with E-state index in [1.54, 1.807) is 0 Å². The number of halogens is 2. The van der Waals surface area contributed by atoms with E-state index in [4.69, 9.17) is 10.8 Å². The molecule has 1 aliphatic carbocycles. The molecule has 0 bridgehead atoms. The van der Waals surface area contributed by atoms with E-state index < -0.39 is 5.82 Å². The molecule has 4 heteroatoms. The Morgan fingerprint density at radius 3 is 2.79 bits per heavy atom. The fourth-order valence-corrected chi connectivity index (χ4v) is 1.79. The Kier molecular flexibility index (Phi) is 3.34. The van der Waals surface area contributed by atoms with Crippen molar-refractivity contribution < 1.29 is 9.50 Å². The smallest absolute Gasteiger partial charge is 0.165 e. The second-order valence-corrected chi connectivity index (χ2v) is 3.58. The Hall–Kier alpha value is -0.800. The standard InChI is InChI=1S/C10H12FNO.ClH/c11-9-4-7-3-8(12)2-1-6(7)5-10(9)13;/h4-5,8,13H,1-3,12H2;1H/t8-;/m1./s1. The van der Waals surface area contributed by atoms with Gasteiger partial charge in [0.2, 0.25) is 0 Å². The van der Waals surface area contributed by atoms with Gasteiger partial charge in [-0.1, -0.05) is 0 Å². The maximum atomic E-state index is 12.9. The molecule has 0 saturated carbocycles. The largest absolute Gasteiger partial charge is 0.505 e. The van der Waals surface area contributed by atoms with Gasteiger partial charge in [-0.2, -0.15) is 0 Å². The van der Waals surface area contributed by atoms with Gasteiger partial charge >= 0.3 is 0 Å². The van der Waals surface area contributed by atoms with Crippen LogP contribution < -0.4 is 5.73 Å². The molecule has 1 aromatic carbocycles. The molecule has 0 unspecified atom stereocenters. The van der Waals surface area contributed by atoms with Crippen LogP contribution in [0.15, 0.2) is 12.1 Å². The summed E-state index contributed by atoms with van der Waals surface area (Å²) in [5.74, 6) is -0.804. The molecule has 0 aliphatic heterocycles. The molecule has 0 fully saturated rings. The minimum absolute atomic E-state index is 0. The van der Waals surface area contributed by atoms with Crippen LogP contribution in [0.1, 0.15) is 17.5 Å². The number of hydrogen-bond acceptors (Lipinski definition) is 2. The quantitative estimate of drug-likeness (QED) is 0.696. The summed E-state index contributed by atoms with van der Waals surface area (Å²) >= 11 is 0. The molecule has 0 heterocycles. The number of rotatable bonds is 0. The summed E-state index contributed by atoms with van der Waals surface area (Å²) in [6.07, 6.45) is 2.47. The van der Waals surface area contributed by atoms with Crippen molar-refractivity contribution in [1.82, 2.24) is 0 Å². The predicted molar refractivity (Wildman–Crippen MR) is 55.3 cm³/mol. The van der Waals surface area contributed by atoms with Crippen molar-refractivity contribution in [2.45, 2.75) is 25.3 Å². The van der Waals surface area contributed by atoms with Gasteiger partial charge in [0.05, 0.1) is 0 Å². The average Bonchev–Trinajstić information content (AvgIpc) is 2.08. The summed E-state index contributed by atoms with van der Waals surface area (Å²) in [5.41, 5.74) is 7.72. The Balaban J connectivity index is 0.000000980. The molecule has 78 valence electrons. The third-order valence-electron chi connectivity index (χ3n) is 2.54. The van der Waals surface area contributed by atoms with Crippen molar-refractivity contribution in [3.8, 4) is 5.75 Å². The van der Waals surface area contributed by atoms with Crippen LogP contribution in [-0.2, 0) is 12.8 Å². The molecule has 1 aliphatic rings. The molecule has 14 heavy (non-hydrogen) atoms. The van der Waals surface area contributed by atoms with Crippen molar-refractivity contribution in [2.24, 2.45) is 5.73 Å². The van der Waals surface area contributed by atoms with Crippen molar-refractivity contribution in [2.75, 3.05) is 0 Å². The van der Waals surface area contributed by atoms with E-state index in [0.717, 1.165) is 24.0 Å². The molecule has 1 aromatic rings. The van der Waals surface area contributed by atoms with Crippen LogP contribution in [0, 0.1) is 5.82 Å². The second-order valence-electron chi connectivity index (χ2n) is 3.58. The highest BCUT2D eigenvalue weighted by Crippen LogP contribution is 2.26. The zero-order chi connectivity index (χ0) is 9.42. The van der Waals surface area contributed by atoms with Crippen LogP contribution in [0.5, 0.6) is 5.75 Å². The second kappa shape index (κ2) is 4.15. The lowest BCUT2D eigenvalue weighted by atomic mass is 9.88. The molecular formula is C10H13ClFNO. The highest BCUT2D eigenvalue weighted by molar-refractivity contribution is 5.85. The Labute approximate surface area is 88.3 Å². The van der Waals surface area contributed by atoms with Gasteiger partial charge in [0.25, 0.3) is 0 Å². The molecule has 2 nitrogen and oxygen atoms in total. The topological polar surface area (TPSA) is 46.2 Å².